The Bertz CT molecular complexity index is 1050. The average molecular weight is 416 g/mol. The number of nitrogens with two attached hydrogens (primary N) is 1. The molecule has 0 fully saturated rings. The van der Waals surface area contributed by atoms with Crippen LogP contribution in [0.2, 0.25) is 0 Å². The highest BCUT2D eigenvalue weighted by Crippen LogP contribution is 2.27. The van der Waals surface area contributed by atoms with E-state index in [-0.39, 0.29) is 6.61 Å². The first kappa shape index (κ1) is 18.4. The van der Waals surface area contributed by atoms with E-state index in [4.69, 9.17) is 19.7 Å². The lowest BCUT2D eigenvalue weighted by molar-refractivity contribution is 0.289. The Hall–Kier alpha value is -2.98. The molecule has 28 heavy (non-hydrogen) atoms. The minimum absolute atomic E-state index is 0.205. The van der Waals surface area contributed by atoms with Crippen molar-refractivity contribution >= 4 is 23.1 Å². The lowest BCUT2D eigenvalue weighted by Gasteiger charge is -2.07. The standard InChI is InChI=1S/C18H17N5O3S2/c1-24-13-4-2-5-14(8-13)26-9-16-21-22-18(23(16)19)28-11-12-10-27-17(20-12)15-6-3-7-25-15/h2-8,10H,9,11,19H2,1H3. The van der Waals surface area contributed by atoms with Crippen LogP contribution in [0.4, 0.5) is 0 Å². The fourth-order valence-corrected chi connectivity index (χ4v) is 4.03. The van der Waals surface area contributed by atoms with Crippen LogP contribution < -0.4 is 15.3 Å². The molecule has 0 spiro atoms. The summed E-state index contributed by atoms with van der Waals surface area (Å²) in [6.45, 7) is 0.205. The number of hydrogen-bond acceptors (Lipinski definition) is 9. The number of thioether (sulfide) groups is 1. The van der Waals surface area contributed by atoms with E-state index in [0.717, 1.165) is 22.2 Å². The van der Waals surface area contributed by atoms with Gasteiger partial charge in [-0.1, -0.05) is 17.8 Å². The molecule has 8 nitrogen and oxygen atoms in total. The van der Waals surface area contributed by atoms with E-state index in [1.165, 1.54) is 27.8 Å². The van der Waals surface area contributed by atoms with Crippen molar-refractivity contribution in [3.63, 3.8) is 0 Å². The van der Waals surface area contributed by atoms with Crippen molar-refractivity contribution in [3.8, 4) is 22.3 Å². The van der Waals surface area contributed by atoms with Gasteiger partial charge in [0.25, 0.3) is 0 Å². The number of nitrogen functional groups attached to an aromatic ring is 1. The molecule has 0 saturated heterocycles. The summed E-state index contributed by atoms with van der Waals surface area (Å²) in [7, 11) is 1.61. The Morgan fingerprint density at radius 1 is 1.21 bits per heavy atom. The van der Waals surface area contributed by atoms with Crippen molar-refractivity contribution < 1.29 is 13.9 Å². The van der Waals surface area contributed by atoms with Crippen LogP contribution in [0.25, 0.3) is 10.8 Å². The molecule has 0 unspecified atom stereocenters. The molecular formula is C18H17N5O3S2. The Balaban J connectivity index is 1.35. The first-order chi connectivity index (χ1) is 13.7. The first-order valence-electron chi connectivity index (χ1n) is 8.30. The molecule has 4 aromatic rings. The first-order valence-corrected chi connectivity index (χ1v) is 10.2. The molecule has 0 saturated carbocycles. The highest BCUT2D eigenvalue weighted by molar-refractivity contribution is 7.98. The molecule has 0 aliphatic carbocycles. The Kier molecular flexibility index (Phi) is 5.49. The number of ether oxygens (including phenoxy) is 2. The van der Waals surface area contributed by atoms with Gasteiger partial charge in [0.05, 0.1) is 19.1 Å². The van der Waals surface area contributed by atoms with Crippen LogP contribution in [-0.2, 0) is 12.4 Å². The van der Waals surface area contributed by atoms with Gasteiger partial charge in [0.1, 0.15) is 18.1 Å². The Labute approximate surface area is 169 Å². The van der Waals surface area contributed by atoms with Crippen molar-refractivity contribution in [2.75, 3.05) is 13.0 Å². The maximum absolute atomic E-state index is 6.10. The number of nitrogens with zero attached hydrogens (tertiary/aromatic N) is 4. The second kappa shape index (κ2) is 8.36. The lowest BCUT2D eigenvalue weighted by Crippen LogP contribution is -2.15. The van der Waals surface area contributed by atoms with E-state index in [9.17, 15) is 0 Å². The van der Waals surface area contributed by atoms with Gasteiger partial charge in [0, 0.05) is 17.2 Å². The van der Waals surface area contributed by atoms with E-state index >= 15 is 0 Å². The molecule has 3 heterocycles. The fraction of sp³-hybridized carbons (Fsp3) is 0.167. The quantitative estimate of drug-likeness (QED) is 0.344. The van der Waals surface area contributed by atoms with Crippen LogP contribution in [0.15, 0.2) is 57.6 Å². The summed E-state index contributed by atoms with van der Waals surface area (Å²) in [5.74, 6) is 9.42. The molecule has 144 valence electrons. The SMILES string of the molecule is COc1cccc(OCc2nnc(SCc3csc(-c4ccco4)n3)n2N)c1. The minimum Gasteiger partial charge on any atom is -0.497 e. The van der Waals surface area contributed by atoms with Crippen molar-refractivity contribution in [2.24, 2.45) is 0 Å². The van der Waals surface area contributed by atoms with Crippen LogP contribution in [0, 0.1) is 0 Å². The highest BCUT2D eigenvalue weighted by Gasteiger charge is 2.13. The van der Waals surface area contributed by atoms with Gasteiger partial charge in [-0.3, -0.25) is 0 Å². The number of rotatable bonds is 8. The summed E-state index contributed by atoms with van der Waals surface area (Å²) in [6.07, 6.45) is 1.64. The van der Waals surface area contributed by atoms with Crippen LogP contribution >= 0.6 is 23.1 Å². The average Bonchev–Trinajstić information content (AvgIpc) is 3.47. The molecule has 4 rings (SSSR count). The zero-order chi connectivity index (χ0) is 19.3. The van der Waals surface area contributed by atoms with Crippen molar-refractivity contribution in [2.45, 2.75) is 17.5 Å². The number of furan rings is 1. The highest BCUT2D eigenvalue weighted by atomic mass is 32.2. The van der Waals surface area contributed by atoms with Gasteiger partial charge in [-0.2, -0.15) is 0 Å². The Morgan fingerprint density at radius 3 is 2.93 bits per heavy atom. The third-order valence-corrected chi connectivity index (χ3v) is 5.66. The van der Waals surface area contributed by atoms with Crippen molar-refractivity contribution in [1.82, 2.24) is 19.9 Å². The summed E-state index contributed by atoms with van der Waals surface area (Å²) in [6, 6.07) is 11.1. The predicted octanol–water partition coefficient (Wildman–Crippen LogP) is 3.59. The van der Waals surface area contributed by atoms with Crippen LogP contribution in [0.1, 0.15) is 11.5 Å². The van der Waals surface area contributed by atoms with Crippen molar-refractivity contribution in [1.29, 1.82) is 0 Å². The van der Waals surface area contributed by atoms with Gasteiger partial charge in [-0.15, -0.1) is 21.5 Å². The van der Waals surface area contributed by atoms with Gasteiger partial charge >= 0.3 is 0 Å². The largest absolute Gasteiger partial charge is 0.497 e. The molecule has 0 amide bonds. The maximum Gasteiger partial charge on any atom is 0.210 e. The number of benzene rings is 1. The van der Waals surface area contributed by atoms with E-state index in [1.54, 1.807) is 19.4 Å². The minimum atomic E-state index is 0.205. The van der Waals surface area contributed by atoms with Gasteiger partial charge < -0.3 is 19.7 Å². The van der Waals surface area contributed by atoms with Crippen molar-refractivity contribution in [3.05, 3.63) is 59.6 Å². The predicted molar refractivity (Wildman–Crippen MR) is 107 cm³/mol. The smallest absolute Gasteiger partial charge is 0.210 e. The third kappa shape index (κ3) is 4.12. The fourth-order valence-electron chi connectivity index (χ4n) is 2.37. The summed E-state index contributed by atoms with van der Waals surface area (Å²) < 4.78 is 17.7. The number of aromatic nitrogens is 4. The molecule has 3 aromatic heterocycles. The topological polar surface area (TPSA) is 101 Å². The normalized spacial score (nSPS) is 10.9. The van der Waals surface area contributed by atoms with E-state index in [2.05, 4.69) is 15.2 Å². The molecule has 0 aliphatic heterocycles. The van der Waals surface area contributed by atoms with Gasteiger partial charge in [0.15, 0.2) is 16.6 Å². The molecule has 10 heteroatoms. The van der Waals surface area contributed by atoms with E-state index < -0.39 is 0 Å². The number of hydrogen-bond donors (Lipinski definition) is 1. The number of methoxy groups -OCH3 is 1. The summed E-state index contributed by atoms with van der Waals surface area (Å²) in [4.78, 5) is 4.57. The zero-order valence-electron chi connectivity index (χ0n) is 14.9. The molecular weight excluding hydrogens is 398 g/mol. The lowest BCUT2D eigenvalue weighted by atomic mass is 10.3. The van der Waals surface area contributed by atoms with Gasteiger partial charge in [-0.05, 0) is 24.3 Å². The monoisotopic (exact) mass is 415 g/mol. The van der Waals surface area contributed by atoms with E-state index in [0.29, 0.717) is 22.5 Å². The molecule has 1 aromatic carbocycles. The molecule has 0 bridgehead atoms. The summed E-state index contributed by atoms with van der Waals surface area (Å²) >= 11 is 3.00. The van der Waals surface area contributed by atoms with Crippen LogP contribution in [-0.4, -0.2) is 27.0 Å². The maximum atomic E-state index is 6.10. The molecule has 0 aliphatic rings. The number of thiazole rings is 1. The third-order valence-electron chi connectivity index (χ3n) is 3.78. The Morgan fingerprint density at radius 2 is 2.11 bits per heavy atom. The van der Waals surface area contributed by atoms with Gasteiger partial charge in [0.2, 0.25) is 5.16 Å². The molecule has 0 radical (unpaired) electrons. The van der Waals surface area contributed by atoms with Crippen LogP contribution in [0.3, 0.4) is 0 Å². The summed E-state index contributed by atoms with van der Waals surface area (Å²) in [5.41, 5.74) is 0.929. The molecule has 2 N–H and O–H groups in total. The second-order valence-corrected chi connectivity index (χ2v) is 7.45. The summed E-state index contributed by atoms with van der Waals surface area (Å²) in [5, 5.41) is 11.7. The van der Waals surface area contributed by atoms with Crippen LogP contribution in [0.5, 0.6) is 11.5 Å². The van der Waals surface area contributed by atoms with E-state index in [1.807, 2.05) is 35.7 Å². The van der Waals surface area contributed by atoms with Gasteiger partial charge in [-0.25, -0.2) is 9.66 Å². The zero-order valence-corrected chi connectivity index (χ0v) is 16.6. The second-order valence-electron chi connectivity index (χ2n) is 5.65. The molecule has 0 atom stereocenters.